The summed E-state index contributed by atoms with van der Waals surface area (Å²) in [7, 11) is 0. The first-order valence-corrected chi connectivity index (χ1v) is 6.68. The molecule has 0 saturated carbocycles. The third-order valence-corrected chi connectivity index (χ3v) is 3.69. The molecule has 5 heteroatoms. The fourth-order valence-corrected chi connectivity index (χ4v) is 2.46. The Morgan fingerprint density at radius 2 is 1.95 bits per heavy atom. The van der Waals surface area contributed by atoms with Gasteiger partial charge >= 0.3 is 0 Å². The Hall–Kier alpha value is -1.49. The molecule has 2 N–H and O–H groups in total. The minimum absolute atomic E-state index is 0.0896. The van der Waals surface area contributed by atoms with E-state index in [2.05, 4.69) is 5.32 Å². The third kappa shape index (κ3) is 3.50. The first-order valence-electron chi connectivity index (χ1n) is 6.68. The van der Waals surface area contributed by atoms with Crippen LogP contribution in [0.15, 0.2) is 18.2 Å². The highest BCUT2D eigenvalue weighted by atomic mass is 19.1. The van der Waals surface area contributed by atoms with Gasteiger partial charge in [-0.05, 0) is 38.3 Å². The molecule has 0 aliphatic carbocycles. The lowest BCUT2D eigenvalue weighted by atomic mass is 10.1. The Labute approximate surface area is 111 Å². The molecule has 1 aromatic rings. The van der Waals surface area contributed by atoms with Gasteiger partial charge in [0.25, 0.3) is 5.91 Å². The van der Waals surface area contributed by atoms with Crippen molar-refractivity contribution < 1.29 is 18.5 Å². The van der Waals surface area contributed by atoms with Gasteiger partial charge in [0.15, 0.2) is 6.04 Å². The highest BCUT2D eigenvalue weighted by Crippen LogP contribution is 2.15. The summed E-state index contributed by atoms with van der Waals surface area (Å²) in [6.07, 6.45) is 3.43. The molecule has 0 unspecified atom stereocenters. The van der Waals surface area contributed by atoms with Crippen LogP contribution < -0.4 is 10.2 Å². The van der Waals surface area contributed by atoms with Gasteiger partial charge in [0.1, 0.15) is 11.6 Å². The molecule has 1 fully saturated rings. The largest absolute Gasteiger partial charge is 0.325 e. The van der Waals surface area contributed by atoms with Crippen molar-refractivity contribution in [3.63, 3.8) is 0 Å². The lowest BCUT2D eigenvalue weighted by molar-refractivity contribution is -0.918. The second-order valence-corrected chi connectivity index (χ2v) is 5.05. The van der Waals surface area contributed by atoms with Gasteiger partial charge in [-0.25, -0.2) is 8.78 Å². The van der Waals surface area contributed by atoms with Gasteiger partial charge in [-0.1, -0.05) is 0 Å². The van der Waals surface area contributed by atoms with E-state index in [1.54, 1.807) is 0 Å². The van der Waals surface area contributed by atoms with Crippen LogP contribution in [0.3, 0.4) is 0 Å². The molecule has 1 aliphatic rings. The molecule has 1 heterocycles. The summed E-state index contributed by atoms with van der Waals surface area (Å²) in [6.45, 7) is 3.74. The maximum absolute atomic E-state index is 13.4. The van der Waals surface area contributed by atoms with E-state index < -0.39 is 11.6 Å². The molecule has 0 aromatic heterocycles. The molecule has 1 aromatic carbocycles. The molecule has 0 radical (unpaired) electrons. The average Bonchev–Trinajstić information content (AvgIpc) is 2.43. The van der Waals surface area contributed by atoms with Crippen molar-refractivity contribution in [1.82, 2.24) is 0 Å². The van der Waals surface area contributed by atoms with Crippen molar-refractivity contribution in [2.45, 2.75) is 32.2 Å². The van der Waals surface area contributed by atoms with Crippen LogP contribution in [-0.4, -0.2) is 25.0 Å². The van der Waals surface area contributed by atoms with E-state index in [1.165, 1.54) is 11.3 Å². The molecule has 1 saturated heterocycles. The Morgan fingerprint density at radius 1 is 1.26 bits per heavy atom. The summed E-state index contributed by atoms with van der Waals surface area (Å²) in [5, 5.41) is 2.47. The zero-order valence-electron chi connectivity index (χ0n) is 11.0. The summed E-state index contributed by atoms with van der Waals surface area (Å²) in [4.78, 5) is 13.3. The number of piperidine rings is 1. The minimum atomic E-state index is -0.615. The molecule has 3 nitrogen and oxygen atoms in total. The topological polar surface area (TPSA) is 33.5 Å². The molecule has 2 rings (SSSR count). The van der Waals surface area contributed by atoms with Crippen LogP contribution in [-0.2, 0) is 4.79 Å². The molecular weight excluding hydrogens is 250 g/mol. The van der Waals surface area contributed by atoms with Gasteiger partial charge in [0, 0.05) is 6.07 Å². The smallest absolute Gasteiger partial charge is 0.282 e. The van der Waals surface area contributed by atoms with Crippen molar-refractivity contribution >= 4 is 11.6 Å². The highest BCUT2D eigenvalue weighted by molar-refractivity contribution is 5.93. The Balaban J connectivity index is 2.01. The monoisotopic (exact) mass is 269 g/mol. The molecule has 19 heavy (non-hydrogen) atoms. The Bertz CT molecular complexity index is 459. The molecule has 0 bridgehead atoms. The summed E-state index contributed by atoms with van der Waals surface area (Å²) in [6, 6.07) is 2.81. The summed E-state index contributed by atoms with van der Waals surface area (Å²) >= 11 is 0. The predicted octanol–water partition coefficient (Wildman–Crippen LogP) is 1.36. The van der Waals surface area contributed by atoms with Gasteiger partial charge in [-0.3, -0.25) is 4.79 Å². The maximum atomic E-state index is 13.4. The van der Waals surface area contributed by atoms with Gasteiger partial charge < -0.3 is 10.2 Å². The fraction of sp³-hybridized carbons (Fsp3) is 0.500. The van der Waals surface area contributed by atoms with E-state index in [1.807, 2.05) is 6.92 Å². The van der Waals surface area contributed by atoms with Crippen molar-refractivity contribution in [1.29, 1.82) is 0 Å². The molecule has 104 valence electrons. The van der Waals surface area contributed by atoms with Gasteiger partial charge in [0.05, 0.1) is 18.8 Å². The van der Waals surface area contributed by atoms with Crippen molar-refractivity contribution in [3.8, 4) is 0 Å². The van der Waals surface area contributed by atoms with E-state index in [0.29, 0.717) is 0 Å². The fourth-order valence-electron chi connectivity index (χ4n) is 2.46. The molecular formula is C14H19F2N2O+. The minimum Gasteiger partial charge on any atom is -0.325 e. The highest BCUT2D eigenvalue weighted by Gasteiger charge is 2.27. The standard InChI is InChI=1S/C14H18F2N2O/c1-10(18-7-3-2-4-8-18)14(19)17-13-9-11(15)5-6-12(13)16/h5-6,9-10H,2-4,7-8H2,1H3,(H,17,19)/p+1/t10-/m1/s1. The van der Waals surface area contributed by atoms with Crippen LogP contribution in [0.2, 0.25) is 0 Å². The number of benzene rings is 1. The van der Waals surface area contributed by atoms with Crippen LogP contribution in [0.25, 0.3) is 0 Å². The van der Waals surface area contributed by atoms with Crippen molar-refractivity contribution in [2.24, 2.45) is 0 Å². The van der Waals surface area contributed by atoms with Crippen LogP contribution in [0, 0.1) is 11.6 Å². The number of quaternary nitrogens is 1. The number of hydrogen-bond donors (Lipinski definition) is 2. The number of anilines is 1. The number of likely N-dealkylation sites (tertiary alicyclic amines) is 1. The SMILES string of the molecule is C[C@H](C(=O)Nc1cc(F)ccc1F)[NH+]1CCCCC1. The van der Waals surface area contributed by atoms with E-state index >= 15 is 0 Å². The maximum Gasteiger partial charge on any atom is 0.282 e. The first kappa shape index (κ1) is 13.9. The summed E-state index contributed by atoms with van der Waals surface area (Å²) in [5.41, 5.74) is -0.0896. The zero-order valence-corrected chi connectivity index (χ0v) is 11.0. The zero-order chi connectivity index (χ0) is 13.8. The number of nitrogens with one attached hydrogen (secondary N) is 2. The van der Waals surface area contributed by atoms with Crippen LogP contribution in [0.1, 0.15) is 26.2 Å². The molecule has 1 aliphatic heterocycles. The number of halogens is 2. The second kappa shape index (κ2) is 6.10. The van der Waals surface area contributed by atoms with Gasteiger partial charge in [0.2, 0.25) is 0 Å². The summed E-state index contributed by atoms with van der Waals surface area (Å²) < 4.78 is 26.5. The third-order valence-electron chi connectivity index (χ3n) is 3.69. The van der Waals surface area contributed by atoms with Crippen LogP contribution >= 0.6 is 0 Å². The number of carbonyl (C=O) groups excluding carboxylic acids is 1. The second-order valence-electron chi connectivity index (χ2n) is 5.05. The normalized spacial score (nSPS) is 18.1. The van der Waals surface area contributed by atoms with Crippen molar-refractivity contribution in [3.05, 3.63) is 29.8 Å². The molecule has 1 atom stereocenters. The van der Waals surface area contributed by atoms with Gasteiger partial charge in [-0.2, -0.15) is 0 Å². The number of rotatable bonds is 3. The van der Waals surface area contributed by atoms with E-state index in [4.69, 9.17) is 0 Å². The predicted molar refractivity (Wildman–Crippen MR) is 69.0 cm³/mol. The average molecular weight is 269 g/mol. The molecule has 0 spiro atoms. The molecule has 1 amide bonds. The quantitative estimate of drug-likeness (QED) is 0.853. The van der Waals surface area contributed by atoms with Crippen LogP contribution in [0.5, 0.6) is 0 Å². The first-order chi connectivity index (χ1) is 9.08. The van der Waals surface area contributed by atoms with E-state index in [0.717, 1.165) is 44.1 Å². The van der Waals surface area contributed by atoms with E-state index in [9.17, 15) is 13.6 Å². The Kier molecular flexibility index (Phi) is 4.47. The van der Waals surface area contributed by atoms with Gasteiger partial charge in [-0.15, -0.1) is 0 Å². The van der Waals surface area contributed by atoms with E-state index in [-0.39, 0.29) is 17.6 Å². The number of carbonyl (C=O) groups is 1. The van der Waals surface area contributed by atoms with Crippen molar-refractivity contribution in [2.75, 3.05) is 18.4 Å². The number of hydrogen-bond acceptors (Lipinski definition) is 1. The number of amides is 1. The Morgan fingerprint density at radius 3 is 2.63 bits per heavy atom. The lowest BCUT2D eigenvalue weighted by Crippen LogP contribution is -3.17. The van der Waals surface area contributed by atoms with Crippen LogP contribution in [0.4, 0.5) is 14.5 Å². The lowest BCUT2D eigenvalue weighted by Gasteiger charge is -2.28. The summed E-state index contributed by atoms with van der Waals surface area (Å²) in [5.74, 6) is -1.44.